The van der Waals surface area contributed by atoms with Gasteiger partial charge in [0.05, 0.1) is 5.56 Å². The van der Waals surface area contributed by atoms with Crippen LogP contribution < -0.4 is 11.5 Å². The summed E-state index contributed by atoms with van der Waals surface area (Å²) in [6.07, 6.45) is 0. The molecule has 86 valence electrons. The number of benzene rings is 1. The van der Waals surface area contributed by atoms with Crippen molar-refractivity contribution in [2.75, 3.05) is 11.5 Å². The molecule has 7 heteroatoms. The second-order valence-electron chi connectivity index (χ2n) is 3.26. The van der Waals surface area contributed by atoms with Crippen molar-refractivity contribution in [2.24, 2.45) is 0 Å². The van der Waals surface area contributed by atoms with Gasteiger partial charge in [0.1, 0.15) is 0 Å². The van der Waals surface area contributed by atoms with Crippen LogP contribution in [-0.2, 0) is 0 Å². The lowest BCUT2D eigenvalue weighted by atomic mass is 10.1. The van der Waals surface area contributed by atoms with Crippen LogP contribution >= 0.6 is 0 Å². The predicted molar refractivity (Wildman–Crippen MR) is 61.0 cm³/mol. The van der Waals surface area contributed by atoms with Crippen LogP contribution in [0.1, 0.15) is 10.4 Å². The Bertz CT molecular complexity index is 547. The molecule has 5 N–H and O–H groups in total. The first kappa shape index (κ1) is 10.8. The van der Waals surface area contributed by atoms with Crippen molar-refractivity contribution in [3.63, 3.8) is 0 Å². The Morgan fingerprint density at radius 1 is 1.00 bits per heavy atom. The summed E-state index contributed by atoms with van der Waals surface area (Å²) in [4.78, 5) is 22.1. The quantitative estimate of drug-likeness (QED) is 0.682. The van der Waals surface area contributed by atoms with Gasteiger partial charge in [-0.1, -0.05) is 12.1 Å². The van der Waals surface area contributed by atoms with E-state index >= 15 is 0 Å². The van der Waals surface area contributed by atoms with Gasteiger partial charge < -0.3 is 16.6 Å². The molecule has 2 rings (SSSR count). The molecule has 0 aliphatic heterocycles. The molecule has 2 aromatic rings. The van der Waals surface area contributed by atoms with Crippen LogP contribution in [0.3, 0.4) is 0 Å². The molecule has 0 saturated carbocycles. The highest BCUT2D eigenvalue weighted by Crippen LogP contribution is 2.16. The fourth-order valence-electron chi connectivity index (χ4n) is 1.30. The van der Waals surface area contributed by atoms with Crippen LogP contribution in [0.25, 0.3) is 11.4 Å². The van der Waals surface area contributed by atoms with E-state index in [1.165, 1.54) is 12.1 Å². The second-order valence-corrected chi connectivity index (χ2v) is 3.26. The van der Waals surface area contributed by atoms with E-state index in [0.717, 1.165) is 0 Å². The number of carboxylic acid groups (broad SMARTS) is 1. The number of carboxylic acids is 1. The number of anilines is 2. The summed E-state index contributed by atoms with van der Waals surface area (Å²) in [5, 5.41) is 8.75. The number of aromatic nitrogens is 3. The van der Waals surface area contributed by atoms with Gasteiger partial charge in [0.15, 0.2) is 5.82 Å². The van der Waals surface area contributed by atoms with Gasteiger partial charge >= 0.3 is 5.97 Å². The maximum Gasteiger partial charge on any atom is 0.335 e. The van der Waals surface area contributed by atoms with Crippen molar-refractivity contribution in [3.8, 4) is 11.4 Å². The zero-order valence-electron chi connectivity index (χ0n) is 8.66. The lowest BCUT2D eigenvalue weighted by Crippen LogP contribution is -2.04. The third-order valence-corrected chi connectivity index (χ3v) is 2.06. The maximum absolute atomic E-state index is 10.7. The van der Waals surface area contributed by atoms with Crippen LogP contribution in [0.4, 0.5) is 11.9 Å². The van der Waals surface area contributed by atoms with Gasteiger partial charge in [-0.25, -0.2) is 4.79 Å². The molecular weight excluding hydrogens is 222 g/mol. The highest BCUT2D eigenvalue weighted by atomic mass is 16.4. The molecule has 1 heterocycles. The SMILES string of the molecule is Nc1nc(N)nc(-c2ccc(C(=O)O)cc2)n1. The van der Waals surface area contributed by atoms with Crippen molar-refractivity contribution in [2.45, 2.75) is 0 Å². The Hall–Kier alpha value is -2.70. The molecule has 0 radical (unpaired) electrons. The first-order valence-electron chi connectivity index (χ1n) is 4.67. The average molecular weight is 231 g/mol. The van der Waals surface area contributed by atoms with Crippen molar-refractivity contribution >= 4 is 17.9 Å². The number of nitrogens with zero attached hydrogens (tertiary/aromatic N) is 3. The molecule has 0 spiro atoms. The molecule has 1 aromatic heterocycles. The van der Waals surface area contributed by atoms with Gasteiger partial charge in [0.2, 0.25) is 11.9 Å². The number of hydrogen-bond acceptors (Lipinski definition) is 6. The third-order valence-electron chi connectivity index (χ3n) is 2.06. The lowest BCUT2D eigenvalue weighted by molar-refractivity contribution is 0.0697. The molecule has 0 saturated heterocycles. The fourth-order valence-corrected chi connectivity index (χ4v) is 1.30. The van der Waals surface area contributed by atoms with Crippen molar-refractivity contribution in [3.05, 3.63) is 29.8 Å². The predicted octanol–water partition coefficient (Wildman–Crippen LogP) is 0.401. The number of carbonyl (C=O) groups is 1. The molecule has 7 nitrogen and oxygen atoms in total. The molecule has 0 atom stereocenters. The second kappa shape index (κ2) is 4.05. The van der Waals surface area contributed by atoms with E-state index < -0.39 is 5.97 Å². The molecule has 0 aliphatic carbocycles. The summed E-state index contributed by atoms with van der Waals surface area (Å²) in [6, 6.07) is 6.07. The van der Waals surface area contributed by atoms with Gasteiger partial charge in [0, 0.05) is 5.56 Å². The summed E-state index contributed by atoms with van der Waals surface area (Å²) >= 11 is 0. The third kappa shape index (κ3) is 2.28. The van der Waals surface area contributed by atoms with Gasteiger partial charge in [-0.2, -0.15) is 15.0 Å². The van der Waals surface area contributed by atoms with E-state index in [1.807, 2.05) is 0 Å². The van der Waals surface area contributed by atoms with Crippen molar-refractivity contribution < 1.29 is 9.90 Å². The van der Waals surface area contributed by atoms with Gasteiger partial charge in [-0.05, 0) is 12.1 Å². The largest absolute Gasteiger partial charge is 0.478 e. The Balaban J connectivity index is 2.43. The van der Waals surface area contributed by atoms with Gasteiger partial charge in [-0.3, -0.25) is 0 Å². The van der Waals surface area contributed by atoms with Crippen molar-refractivity contribution in [1.29, 1.82) is 0 Å². The van der Waals surface area contributed by atoms with E-state index in [-0.39, 0.29) is 17.5 Å². The molecule has 0 unspecified atom stereocenters. The minimum atomic E-state index is -0.994. The van der Waals surface area contributed by atoms with Gasteiger partial charge in [-0.15, -0.1) is 0 Å². The smallest absolute Gasteiger partial charge is 0.335 e. The van der Waals surface area contributed by atoms with E-state index in [1.54, 1.807) is 12.1 Å². The minimum Gasteiger partial charge on any atom is -0.478 e. The topological polar surface area (TPSA) is 128 Å². The minimum absolute atomic E-state index is 0.0230. The number of aromatic carboxylic acids is 1. The van der Waals surface area contributed by atoms with Crippen LogP contribution in [0.15, 0.2) is 24.3 Å². The summed E-state index contributed by atoms with van der Waals surface area (Å²) in [5.41, 5.74) is 11.7. The van der Waals surface area contributed by atoms with E-state index in [4.69, 9.17) is 16.6 Å². The van der Waals surface area contributed by atoms with Crippen LogP contribution in [-0.4, -0.2) is 26.0 Å². The first-order valence-corrected chi connectivity index (χ1v) is 4.67. The van der Waals surface area contributed by atoms with E-state index in [2.05, 4.69) is 15.0 Å². The Labute approximate surface area is 96.1 Å². The number of nitrogen functional groups attached to an aromatic ring is 2. The Kier molecular flexibility index (Phi) is 2.57. The standard InChI is InChI=1S/C10H9N5O2/c11-9-13-7(14-10(12)15-9)5-1-3-6(4-2-5)8(16)17/h1-4H,(H,16,17)(H4,11,12,13,14,15). The molecule has 0 fully saturated rings. The maximum atomic E-state index is 10.7. The first-order chi connectivity index (χ1) is 8.06. The monoisotopic (exact) mass is 231 g/mol. The summed E-state index contributed by atoms with van der Waals surface area (Å²) in [7, 11) is 0. The average Bonchev–Trinajstić information content (AvgIpc) is 2.28. The van der Waals surface area contributed by atoms with E-state index in [9.17, 15) is 4.79 Å². The molecule has 17 heavy (non-hydrogen) atoms. The number of rotatable bonds is 2. The summed E-state index contributed by atoms with van der Waals surface area (Å²) < 4.78 is 0. The van der Waals surface area contributed by atoms with Gasteiger partial charge in [0.25, 0.3) is 0 Å². The molecule has 0 aliphatic rings. The highest BCUT2D eigenvalue weighted by molar-refractivity contribution is 5.88. The number of nitrogens with two attached hydrogens (primary N) is 2. The summed E-state index contributed by atoms with van der Waals surface area (Å²) in [6.45, 7) is 0. The normalized spacial score (nSPS) is 10.1. The fraction of sp³-hybridized carbons (Fsp3) is 0. The Morgan fingerprint density at radius 3 is 2.00 bits per heavy atom. The molecule has 0 amide bonds. The highest BCUT2D eigenvalue weighted by Gasteiger charge is 2.07. The van der Waals surface area contributed by atoms with Crippen LogP contribution in [0.2, 0.25) is 0 Å². The van der Waals surface area contributed by atoms with Crippen LogP contribution in [0, 0.1) is 0 Å². The zero-order chi connectivity index (χ0) is 12.4. The van der Waals surface area contributed by atoms with E-state index in [0.29, 0.717) is 11.4 Å². The zero-order valence-corrected chi connectivity index (χ0v) is 8.66. The summed E-state index contributed by atoms with van der Waals surface area (Å²) in [5.74, 6) is -0.636. The number of hydrogen-bond donors (Lipinski definition) is 3. The van der Waals surface area contributed by atoms with Crippen molar-refractivity contribution in [1.82, 2.24) is 15.0 Å². The van der Waals surface area contributed by atoms with Crippen LogP contribution in [0.5, 0.6) is 0 Å². The molecule has 0 bridgehead atoms. The Morgan fingerprint density at radius 2 is 1.53 bits per heavy atom. The molecular formula is C10H9N5O2. The molecule has 1 aromatic carbocycles. The lowest BCUT2D eigenvalue weighted by Gasteiger charge is -2.02.